The molecule has 1 atom stereocenters. The fraction of sp³-hybridized carbons (Fsp3) is 0.600. The third-order valence-corrected chi connectivity index (χ3v) is 5.16. The number of benzene rings is 1. The molecule has 0 spiro atoms. The van der Waals surface area contributed by atoms with Crippen molar-refractivity contribution in [2.24, 2.45) is 5.73 Å². The Morgan fingerprint density at radius 2 is 1.84 bits per heavy atom. The maximum atomic E-state index is 11.5. The van der Waals surface area contributed by atoms with Crippen molar-refractivity contribution in [1.82, 2.24) is 0 Å². The zero-order chi connectivity index (χ0) is 14.1. The molecule has 0 heterocycles. The topological polar surface area (TPSA) is 60.2 Å². The summed E-state index contributed by atoms with van der Waals surface area (Å²) in [5.74, 6) is 0.738. The van der Waals surface area contributed by atoms with Gasteiger partial charge in [0.1, 0.15) is 9.84 Å². The number of hydrogen-bond acceptors (Lipinski definition) is 3. The van der Waals surface area contributed by atoms with Gasteiger partial charge in [-0.15, -0.1) is 0 Å². The largest absolute Gasteiger partial charge is 0.330 e. The predicted octanol–water partition coefficient (Wildman–Crippen LogP) is 2.22. The van der Waals surface area contributed by atoms with Crippen LogP contribution in [-0.4, -0.2) is 27.0 Å². The Kier molecular flexibility index (Phi) is 4.02. The Balaban J connectivity index is 2.15. The Morgan fingerprint density at radius 1 is 1.26 bits per heavy atom. The molecular weight excluding hydrogens is 258 g/mol. The van der Waals surface area contributed by atoms with Crippen molar-refractivity contribution in [2.45, 2.75) is 37.5 Å². The van der Waals surface area contributed by atoms with Crippen LogP contribution in [0.4, 0.5) is 0 Å². The van der Waals surface area contributed by atoms with E-state index >= 15 is 0 Å². The van der Waals surface area contributed by atoms with Crippen LogP contribution in [0.5, 0.6) is 0 Å². The van der Waals surface area contributed by atoms with Crippen molar-refractivity contribution in [3.05, 3.63) is 35.4 Å². The first-order valence-corrected chi connectivity index (χ1v) is 8.91. The molecule has 0 bridgehead atoms. The third kappa shape index (κ3) is 3.57. The van der Waals surface area contributed by atoms with Gasteiger partial charge >= 0.3 is 0 Å². The second kappa shape index (κ2) is 5.25. The summed E-state index contributed by atoms with van der Waals surface area (Å²) in [4.78, 5) is 0. The molecule has 2 N–H and O–H groups in total. The molecule has 4 heteroatoms. The van der Waals surface area contributed by atoms with E-state index in [4.69, 9.17) is 5.73 Å². The molecule has 19 heavy (non-hydrogen) atoms. The Labute approximate surface area is 116 Å². The van der Waals surface area contributed by atoms with Crippen LogP contribution >= 0.6 is 0 Å². The zero-order valence-corrected chi connectivity index (χ0v) is 12.5. The lowest BCUT2D eigenvalue weighted by atomic mass is 9.92. The average molecular weight is 281 g/mol. The minimum atomic E-state index is -2.92. The molecule has 1 aliphatic carbocycles. The Hall–Kier alpha value is -0.870. The number of nitrogens with two attached hydrogens (primary N) is 1. The SMILES string of the molecule is CC(CCN)c1ccc(C2(CS(C)(=O)=O)CC2)cc1. The molecule has 1 aromatic carbocycles. The normalized spacial score (nSPS) is 19.1. The smallest absolute Gasteiger partial charge is 0.148 e. The van der Waals surface area contributed by atoms with Gasteiger partial charge in [0.05, 0.1) is 5.75 Å². The first kappa shape index (κ1) is 14.5. The van der Waals surface area contributed by atoms with Gasteiger partial charge in [0, 0.05) is 11.7 Å². The van der Waals surface area contributed by atoms with E-state index in [1.807, 2.05) is 0 Å². The van der Waals surface area contributed by atoms with Crippen LogP contribution in [0.15, 0.2) is 24.3 Å². The molecule has 106 valence electrons. The number of rotatable bonds is 6. The van der Waals surface area contributed by atoms with Gasteiger partial charge in [-0.1, -0.05) is 31.2 Å². The minimum Gasteiger partial charge on any atom is -0.330 e. The lowest BCUT2D eigenvalue weighted by molar-refractivity contribution is 0.592. The highest BCUT2D eigenvalue weighted by molar-refractivity contribution is 7.90. The standard InChI is InChI=1S/C15H23NO2S/c1-12(7-10-16)13-3-5-14(6-4-13)15(8-9-15)11-19(2,17)18/h3-6,12H,7-11,16H2,1-2H3. The van der Waals surface area contributed by atoms with E-state index in [0.29, 0.717) is 12.5 Å². The molecule has 0 aromatic heterocycles. The van der Waals surface area contributed by atoms with Crippen LogP contribution in [0.3, 0.4) is 0 Å². The molecule has 2 rings (SSSR count). The molecule has 1 fully saturated rings. The van der Waals surface area contributed by atoms with Gasteiger partial charge < -0.3 is 5.73 Å². The van der Waals surface area contributed by atoms with Crippen molar-refractivity contribution < 1.29 is 8.42 Å². The first-order chi connectivity index (χ1) is 8.86. The van der Waals surface area contributed by atoms with Gasteiger partial charge in [0.2, 0.25) is 0 Å². The van der Waals surface area contributed by atoms with Gasteiger partial charge in [0.15, 0.2) is 0 Å². The highest BCUT2D eigenvalue weighted by atomic mass is 32.2. The van der Waals surface area contributed by atoms with Gasteiger partial charge in [-0.05, 0) is 42.9 Å². The van der Waals surface area contributed by atoms with Crippen LogP contribution in [0.2, 0.25) is 0 Å². The predicted molar refractivity (Wildman–Crippen MR) is 79.2 cm³/mol. The van der Waals surface area contributed by atoms with Gasteiger partial charge in [-0.2, -0.15) is 0 Å². The van der Waals surface area contributed by atoms with E-state index in [0.717, 1.165) is 19.3 Å². The van der Waals surface area contributed by atoms with Crippen LogP contribution in [0.25, 0.3) is 0 Å². The van der Waals surface area contributed by atoms with E-state index < -0.39 is 9.84 Å². The third-order valence-electron chi connectivity index (χ3n) is 4.08. The number of sulfone groups is 1. The lowest BCUT2D eigenvalue weighted by Crippen LogP contribution is -2.19. The second-order valence-electron chi connectivity index (χ2n) is 5.95. The van der Waals surface area contributed by atoms with Gasteiger partial charge in [0.25, 0.3) is 0 Å². The summed E-state index contributed by atoms with van der Waals surface area (Å²) in [6.07, 6.45) is 4.27. The summed E-state index contributed by atoms with van der Waals surface area (Å²) < 4.78 is 23.0. The summed E-state index contributed by atoms with van der Waals surface area (Å²) in [5.41, 5.74) is 7.92. The molecule has 1 saturated carbocycles. The fourth-order valence-electron chi connectivity index (χ4n) is 2.75. The maximum absolute atomic E-state index is 11.5. The summed E-state index contributed by atoms with van der Waals surface area (Å²) in [5, 5.41) is 0. The zero-order valence-electron chi connectivity index (χ0n) is 11.7. The minimum absolute atomic E-state index is 0.108. The van der Waals surface area contributed by atoms with Crippen LogP contribution in [0, 0.1) is 0 Å². The highest BCUT2D eigenvalue weighted by Gasteiger charge is 2.46. The van der Waals surface area contributed by atoms with E-state index in [1.54, 1.807) is 0 Å². The highest BCUT2D eigenvalue weighted by Crippen LogP contribution is 2.49. The van der Waals surface area contributed by atoms with Crippen molar-refractivity contribution in [2.75, 3.05) is 18.6 Å². The summed E-state index contributed by atoms with van der Waals surface area (Å²) in [6.45, 7) is 2.87. The summed E-state index contributed by atoms with van der Waals surface area (Å²) in [7, 11) is -2.92. The molecule has 3 nitrogen and oxygen atoms in total. The molecule has 1 unspecified atom stereocenters. The average Bonchev–Trinajstić information content (AvgIpc) is 3.08. The van der Waals surface area contributed by atoms with Gasteiger partial charge in [-0.25, -0.2) is 8.42 Å². The molecule has 0 saturated heterocycles. The molecule has 1 aromatic rings. The van der Waals surface area contributed by atoms with Crippen LogP contribution in [-0.2, 0) is 15.3 Å². The van der Waals surface area contributed by atoms with Crippen molar-refractivity contribution >= 4 is 9.84 Å². The van der Waals surface area contributed by atoms with Crippen molar-refractivity contribution in [3.8, 4) is 0 Å². The molecule has 0 aliphatic heterocycles. The van der Waals surface area contributed by atoms with E-state index in [-0.39, 0.29) is 11.2 Å². The van der Waals surface area contributed by atoms with Crippen molar-refractivity contribution in [1.29, 1.82) is 0 Å². The van der Waals surface area contributed by atoms with Gasteiger partial charge in [-0.3, -0.25) is 0 Å². The van der Waals surface area contributed by atoms with Crippen molar-refractivity contribution in [3.63, 3.8) is 0 Å². The molecule has 1 aliphatic rings. The summed E-state index contributed by atoms with van der Waals surface area (Å²) >= 11 is 0. The molecular formula is C15H23NO2S. The Bertz CT molecular complexity index is 530. The maximum Gasteiger partial charge on any atom is 0.148 e. The summed E-state index contributed by atoms with van der Waals surface area (Å²) in [6, 6.07) is 8.44. The van der Waals surface area contributed by atoms with E-state index in [1.165, 1.54) is 17.4 Å². The lowest BCUT2D eigenvalue weighted by Gasteiger charge is -2.16. The van der Waals surface area contributed by atoms with E-state index in [2.05, 4.69) is 31.2 Å². The fourth-order valence-corrected chi connectivity index (χ4v) is 4.21. The van der Waals surface area contributed by atoms with Crippen LogP contribution in [0.1, 0.15) is 43.2 Å². The molecule has 0 radical (unpaired) electrons. The second-order valence-corrected chi connectivity index (χ2v) is 8.09. The first-order valence-electron chi connectivity index (χ1n) is 6.84. The quantitative estimate of drug-likeness (QED) is 0.869. The van der Waals surface area contributed by atoms with E-state index in [9.17, 15) is 8.42 Å². The van der Waals surface area contributed by atoms with Crippen LogP contribution < -0.4 is 5.73 Å². The number of hydrogen-bond donors (Lipinski definition) is 1. The molecule has 0 amide bonds. The monoisotopic (exact) mass is 281 g/mol. The Morgan fingerprint density at radius 3 is 2.26 bits per heavy atom.